The van der Waals surface area contributed by atoms with Gasteiger partial charge in [-0.25, -0.2) is 0 Å². The number of nitrogens with one attached hydrogen (secondary N) is 1. The van der Waals surface area contributed by atoms with E-state index in [0.717, 1.165) is 18.8 Å². The highest BCUT2D eigenvalue weighted by Gasteiger charge is 2.23. The predicted molar refractivity (Wildman–Crippen MR) is 96.0 cm³/mol. The molecule has 0 atom stereocenters. The summed E-state index contributed by atoms with van der Waals surface area (Å²) >= 11 is 0. The number of rotatable bonds is 4. The van der Waals surface area contributed by atoms with Crippen LogP contribution >= 0.6 is 0 Å². The summed E-state index contributed by atoms with van der Waals surface area (Å²) in [6.45, 7) is 6.95. The summed E-state index contributed by atoms with van der Waals surface area (Å²) in [5.74, 6) is 0.775. The number of nitrogens with zero attached hydrogens (tertiary/aromatic N) is 1. The predicted octanol–water partition coefficient (Wildman–Crippen LogP) is 4.39. The fourth-order valence-electron chi connectivity index (χ4n) is 4.23. The molecule has 126 valence electrons. The van der Waals surface area contributed by atoms with Crippen molar-refractivity contribution in [2.24, 2.45) is 0 Å². The van der Waals surface area contributed by atoms with Crippen molar-refractivity contribution in [1.82, 2.24) is 4.90 Å². The molecular formula is C20H30N2O. The van der Waals surface area contributed by atoms with Gasteiger partial charge < -0.3 is 5.32 Å². The number of carbonyl (C=O) groups is 1. The first-order valence-corrected chi connectivity index (χ1v) is 9.27. The fraction of sp³-hybridized carbons (Fsp3) is 0.650. The molecule has 1 aromatic carbocycles. The molecule has 1 aromatic rings. The fourth-order valence-corrected chi connectivity index (χ4v) is 4.23. The monoisotopic (exact) mass is 314 g/mol. The van der Waals surface area contributed by atoms with Crippen molar-refractivity contribution in [1.29, 1.82) is 0 Å². The molecule has 1 saturated carbocycles. The Morgan fingerprint density at radius 3 is 2.48 bits per heavy atom. The zero-order chi connectivity index (χ0) is 16.2. The molecular weight excluding hydrogens is 284 g/mol. The second kappa shape index (κ2) is 7.48. The summed E-state index contributed by atoms with van der Waals surface area (Å²) < 4.78 is 0. The number of hydrogen-bond donors (Lipinski definition) is 1. The van der Waals surface area contributed by atoms with Gasteiger partial charge in [0.15, 0.2) is 0 Å². The zero-order valence-electron chi connectivity index (χ0n) is 14.7. The number of aryl methyl sites for hydroxylation is 2. The van der Waals surface area contributed by atoms with Crippen LogP contribution in [0.3, 0.4) is 0 Å². The van der Waals surface area contributed by atoms with E-state index in [2.05, 4.69) is 36.2 Å². The lowest BCUT2D eigenvalue weighted by atomic mass is 9.92. The molecule has 0 spiro atoms. The average Bonchev–Trinajstić information content (AvgIpc) is 3.05. The lowest BCUT2D eigenvalue weighted by Crippen LogP contribution is -2.37. The van der Waals surface area contributed by atoms with E-state index >= 15 is 0 Å². The Kier molecular flexibility index (Phi) is 5.37. The molecule has 1 aliphatic carbocycles. The van der Waals surface area contributed by atoms with Crippen molar-refractivity contribution >= 4 is 11.6 Å². The molecule has 3 heteroatoms. The van der Waals surface area contributed by atoms with E-state index in [9.17, 15) is 4.79 Å². The Morgan fingerprint density at radius 1 is 1.09 bits per heavy atom. The van der Waals surface area contributed by atoms with Crippen molar-refractivity contribution in [3.8, 4) is 0 Å². The third-order valence-electron chi connectivity index (χ3n) is 5.39. The van der Waals surface area contributed by atoms with Crippen LogP contribution in [0.5, 0.6) is 0 Å². The molecule has 1 heterocycles. The summed E-state index contributed by atoms with van der Waals surface area (Å²) in [6, 6.07) is 4.48. The molecule has 0 aromatic heterocycles. The van der Waals surface area contributed by atoms with Crippen LogP contribution in [0.2, 0.25) is 0 Å². The Labute approximate surface area is 140 Å². The molecule has 0 unspecified atom stereocenters. The SMILES string of the molecule is Cc1cc(C)c(NC(=O)CN2CCCCC2)c(C2CCCC2)c1. The molecule has 1 saturated heterocycles. The van der Waals surface area contributed by atoms with E-state index in [0.29, 0.717) is 12.5 Å². The number of likely N-dealkylation sites (tertiary alicyclic amines) is 1. The van der Waals surface area contributed by atoms with Crippen molar-refractivity contribution in [3.63, 3.8) is 0 Å². The van der Waals surface area contributed by atoms with Crippen LogP contribution in [-0.4, -0.2) is 30.4 Å². The van der Waals surface area contributed by atoms with Gasteiger partial charge in [-0.05, 0) is 69.7 Å². The van der Waals surface area contributed by atoms with Crippen molar-refractivity contribution in [3.05, 3.63) is 28.8 Å². The van der Waals surface area contributed by atoms with Gasteiger partial charge in [0, 0.05) is 5.69 Å². The minimum atomic E-state index is 0.151. The third-order valence-corrected chi connectivity index (χ3v) is 5.39. The number of benzene rings is 1. The summed E-state index contributed by atoms with van der Waals surface area (Å²) in [4.78, 5) is 14.8. The summed E-state index contributed by atoms with van der Waals surface area (Å²) in [5, 5.41) is 3.25. The Bertz CT molecular complexity index is 555. The maximum atomic E-state index is 12.5. The second-order valence-electron chi connectivity index (χ2n) is 7.41. The Hall–Kier alpha value is -1.35. The van der Waals surface area contributed by atoms with E-state index in [1.54, 1.807) is 0 Å². The zero-order valence-corrected chi connectivity index (χ0v) is 14.7. The van der Waals surface area contributed by atoms with Gasteiger partial charge in [0.2, 0.25) is 5.91 Å². The third kappa shape index (κ3) is 4.14. The summed E-state index contributed by atoms with van der Waals surface area (Å²) in [6.07, 6.45) is 8.92. The highest BCUT2D eigenvalue weighted by molar-refractivity contribution is 5.94. The molecule has 0 radical (unpaired) electrons. The lowest BCUT2D eigenvalue weighted by Gasteiger charge is -2.26. The second-order valence-corrected chi connectivity index (χ2v) is 7.41. The van der Waals surface area contributed by atoms with Gasteiger partial charge in [-0.15, -0.1) is 0 Å². The standard InChI is InChI=1S/C20H30N2O/c1-15-12-16(2)20(18(13-15)17-8-4-5-9-17)21-19(23)14-22-10-6-3-7-11-22/h12-13,17H,3-11,14H2,1-2H3,(H,21,23). The first-order valence-electron chi connectivity index (χ1n) is 9.27. The van der Waals surface area contributed by atoms with Crippen LogP contribution in [0.1, 0.15) is 67.6 Å². The van der Waals surface area contributed by atoms with Crippen molar-refractivity contribution < 1.29 is 4.79 Å². The van der Waals surface area contributed by atoms with Crippen molar-refractivity contribution in [2.45, 2.75) is 64.7 Å². The minimum Gasteiger partial charge on any atom is -0.324 e. The quantitative estimate of drug-likeness (QED) is 0.894. The first-order chi connectivity index (χ1) is 11.1. The molecule has 2 fully saturated rings. The smallest absolute Gasteiger partial charge is 0.238 e. The van der Waals surface area contributed by atoms with Gasteiger partial charge in [-0.1, -0.05) is 37.0 Å². The van der Waals surface area contributed by atoms with Crippen LogP contribution in [0.25, 0.3) is 0 Å². The van der Waals surface area contributed by atoms with Gasteiger partial charge in [0.05, 0.1) is 6.54 Å². The highest BCUT2D eigenvalue weighted by Crippen LogP contribution is 2.39. The molecule has 1 N–H and O–H groups in total. The van der Waals surface area contributed by atoms with Crippen molar-refractivity contribution in [2.75, 3.05) is 25.0 Å². The Balaban J connectivity index is 1.74. The molecule has 1 amide bonds. The summed E-state index contributed by atoms with van der Waals surface area (Å²) in [5.41, 5.74) is 4.97. The number of amides is 1. The maximum Gasteiger partial charge on any atom is 0.238 e. The highest BCUT2D eigenvalue weighted by atomic mass is 16.2. The van der Waals surface area contributed by atoms with Gasteiger partial charge in [0.1, 0.15) is 0 Å². The van der Waals surface area contributed by atoms with Gasteiger partial charge in [-0.2, -0.15) is 0 Å². The average molecular weight is 314 g/mol. The normalized spacial score (nSPS) is 19.9. The molecule has 3 nitrogen and oxygen atoms in total. The first kappa shape index (κ1) is 16.5. The largest absolute Gasteiger partial charge is 0.324 e. The van der Waals surface area contributed by atoms with E-state index in [1.165, 1.54) is 61.6 Å². The number of piperidine rings is 1. The molecule has 2 aliphatic rings. The van der Waals surface area contributed by atoms with Gasteiger partial charge in [-0.3, -0.25) is 9.69 Å². The number of hydrogen-bond acceptors (Lipinski definition) is 2. The summed E-state index contributed by atoms with van der Waals surface area (Å²) in [7, 11) is 0. The maximum absolute atomic E-state index is 12.5. The van der Waals surface area contributed by atoms with Crippen LogP contribution < -0.4 is 5.32 Å². The molecule has 23 heavy (non-hydrogen) atoms. The van der Waals surface area contributed by atoms with Gasteiger partial charge >= 0.3 is 0 Å². The van der Waals surface area contributed by atoms with Crippen LogP contribution in [-0.2, 0) is 4.79 Å². The Morgan fingerprint density at radius 2 is 1.78 bits per heavy atom. The molecule has 1 aliphatic heterocycles. The molecule has 3 rings (SSSR count). The van der Waals surface area contributed by atoms with Crippen LogP contribution in [0.15, 0.2) is 12.1 Å². The lowest BCUT2D eigenvalue weighted by molar-refractivity contribution is -0.117. The van der Waals surface area contributed by atoms with Gasteiger partial charge in [0.25, 0.3) is 0 Å². The van der Waals surface area contributed by atoms with Crippen LogP contribution in [0, 0.1) is 13.8 Å². The number of carbonyl (C=O) groups excluding carboxylic acids is 1. The van der Waals surface area contributed by atoms with E-state index in [4.69, 9.17) is 0 Å². The topological polar surface area (TPSA) is 32.3 Å². The van der Waals surface area contributed by atoms with Crippen LogP contribution in [0.4, 0.5) is 5.69 Å². The molecule has 0 bridgehead atoms. The van der Waals surface area contributed by atoms with E-state index < -0.39 is 0 Å². The van der Waals surface area contributed by atoms with E-state index in [-0.39, 0.29) is 5.91 Å². The van der Waals surface area contributed by atoms with E-state index in [1.807, 2.05) is 0 Å². The number of anilines is 1. The minimum absolute atomic E-state index is 0.151.